The predicted molar refractivity (Wildman–Crippen MR) is 102 cm³/mol. The highest BCUT2D eigenvalue weighted by Crippen LogP contribution is 2.56. The highest BCUT2D eigenvalue weighted by Gasteiger charge is 2.54. The number of nitrogens with one attached hydrogen (secondary N) is 1. The fraction of sp³-hybridized carbons (Fsp3) is 0.476. The number of aromatic nitrogens is 4. The monoisotopic (exact) mass is 361 g/mol. The number of aromatic amines is 1. The summed E-state index contributed by atoms with van der Waals surface area (Å²) in [5.41, 5.74) is 2.05. The number of fused-ring (bicyclic) bond motifs is 1. The van der Waals surface area contributed by atoms with E-state index < -0.39 is 0 Å². The molecule has 138 valence electrons. The van der Waals surface area contributed by atoms with Gasteiger partial charge in [0.05, 0.1) is 0 Å². The minimum Gasteiger partial charge on any atom is -0.361 e. The first-order valence-corrected chi connectivity index (χ1v) is 9.99. The molecule has 1 amide bonds. The Morgan fingerprint density at radius 3 is 2.89 bits per heavy atom. The topological polar surface area (TPSA) is 66.8 Å². The van der Waals surface area contributed by atoms with E-state index in [1.807, 2.05) is 36.8 Å². The summed E-state index contributed by atoms with van der Waals surface area (Å²) in [5, 5.41) is 9.81. The van der Waals surface area contributed by atoms with Gasteiger partial charge in [0.2, 0.25) is 0 Å². The van der Waals surface area contributed by atoms with Crippen molar-refractivity contribution in [2.45, 2.75) is 44.1 Å². The fourth-order valence-corrected chi connectivity index (χ4v) is 5.12. The lowest BCUT2D eigenvalue weighted by molar-refractivity contribution is 0.0723. The zero-order valence-corrected chi connectivity index (χ0v) is 15.3. The molecule has 1 atom stereocenters. The molecule has 1 unspecified atom stereocenters. The number of carbonyl (C=O) groups is 1. The molecule has 3 aromatic rings. The molecule has 27 heavy (non-hydrogen) atoms. The summed E-state index contributed by atoms with van der Waals surface area (Å²) in [6, 6.07) is 8.53. The molecule has 1 aromatic carbocycles. The second-order valence-corrected chi connectivity index (χ2v) is 8.56. The summed E-state index contributed by atoms with van der Waals surface area (Å²) < 4.78 is 2.28. The Morgan fingerprint density at radius 1 is 1.22 bits per heavy atom. The van der Waals surface area contributed by atoms with E-state index in [-0.39, 0.29) is 11.3 Å². The lowest BCUT2D eigenvalue weighted by Gasteiger charge is -2.42. The van der Waals surface area contributed by atoms with Crippen LogP contribution in [0.15, 0.2) is 36.8 Å². The molecule has 3 fully saturated rings. The first kappa shape index (κ1) is 15.4. The summed E-state index contributed by atoms with van der Waals surface area (Å²) in [6.07, 6.45) is 9.90. The van der Waals surface area contributed by atoms with Crippen molar-refractivity contribution in [2.75, 3.05) is 13.1 Å². The van der Waals surface area contributed by atoms with Crippen LogP contribution in [0.1, 0.15) is 60.2 Å². The van der Waals surface area contributed by atoms with Crippen molar-refractivity contribution in [3.05, 3.63) is 48.2 Å². The third kappa shape index (κ3) is 2.28. The zero-order chi connectivity index (χ0) is 18.0. The number of likely N-dealkylation sites (tertiary alicyclic amines) is 1. The van der Waals surface area contributed by atoms with Crippen molar-refractivity contribution < 1.29 is 4.79 Å². The summed E-state index contributed by atoms with van der Waals surface area (Å²) in [5.74, 6) is 1.56. The van der Waals surface area contributed by atoms with Crippen LogP contribution in [0.25, 0.3) is 10.9 Å². The number of carbonyl (C=O) groups excluding carboxylic acids is 1. The standard InChI is InChI=1S/C21H23N5O/c27-20(15-2-5-18-14(10-15)6-9-22-18)25-11-17(21(12-25)7-1-8-21)19-24-23-13-26(19)16-3-4-16/h2,5-6,9-10,13,16-17,22H,1,3-4,7-8,11-12H2. The third-order valence-corrected chi connectivity index (χ3v) is 6.94. The second-order valence-electron chi connectivity index (χ2n) is 8.56. The van der Waals surface area contributed by atoms with Gasteiger partial charge in [-0.1, -0.05) is 6.42 Å². The number of nitrogens with zero attached hydrogens (tertiary/aromatic N) is 4. The Hall–Kier alpha value is -2.63. The van der Waals surface area contributed by atoms with E-state index in [1.165, 1.54) is 32.1 Å². The van der Waals surface area contributed by atoms with Gasteiger partial charge < -0.3 is 14.5 Å². The van der Waals surface area contributed by atoms with Crippen LogP contribution in [0.5, 0.6) is 0 Å². The Bertz CT molecular complexity index is 1030. The van der Waals surface area contributed by atoms with E-state index in [0.29, 0.717) is 12.0 Å². The number of amides is 1. The first-order valence-electron chi connectivity index (χ1n) is 9.99. The van der Waals surface area contributed by atoms with Crippen LogP contribution in [0.3, 0.4) is 0 Å². The highest BCUT2D eigenvalue weighted by atomic mass is 16.2. The summed E-state index contributed by atoms with van der Waals surface area (Å²) in [6.45, 7) is 1.61. The van der Waals surface area contributed by atoms with Gasteiger partial charge in [0.1, 0.15) is 12.2 Å². The normalized spacial score (nSPS) is 23.9. The van der Waals surface area contributed by atoms with Gasteiger partial charge in [-0.25, -0.2) is 0 Å². The lowest BCUT2D eigenvalue weighted by Crippen LogP contribution is -2.38. The number of H-pyrrole nitrogens is 1. The second kappa shape index (κ2) is 5.44. The van der Waals surface area contributed by atoms with Gasteiger partial charge in [0.25, 0.3) is 5.91 Å². The molecule has 0 radical (unpaired) electrons. The molecule has 3 aliphatic rings. The SMILES string of the molecule is O=C(c1ccc2[nH]ccc2c1)N1CC(c2nncn2C2CC2)C2(CCC2)C1. The maximum atomic E-state index is 13.3. The van der Waals surface area contributed by atoms with Gasteiger partial charge in [-0.05, 0) is 55.4 Å². The molecular formula is C21H23N5O. The largest absolute Gasteiger partial charge is 0.361 e. The van der Waals surface area contributed by atoms with Gasteiger partial charge in [0, 0.05) is 47.7 Å². The van der Waals surface area contributed by atoms with Crippen molar-refractivity contribution >= 4 is 16.8 Å². The summed E-state index contributed by atoms with van der Waals surface area (Å²) in [7, 11) is 0. The van der Waals surface area contributed by atoms with E-state index in [0.717, 1.165) is 35.4 Å². The molecule has 0 bridgehead atoms. The van der Waals surface area contributed by atoms with Crippen LogP contribution >= 0.6 is 0 Å². The van der Waals surface area contributed by atoms with Gasteiger partial charge in [-0.15, -0.1) is 10.2 Å². The van der Waals surface area contributed by atoms with Crippen LogP contribution in [0.4, 0.5) is 0 Å². The highest BCUT2D eigenvalue weighted by molar-refractivity contribution is 5.98. The lowest BCUT2D eigenvalue weighted by atomic mass is 9.62. The molecule has 1 saturated heterocycles. The molecule has 6 nitrogen and oxygen atoms in total. The summed E-state index contributed by atoms with van der Waals surface area (Å²) in [4.78, 5) is 18.5. The van der Waals surface area contributed by atoms with E-state index in [9.17, 15) is 4.79 Å². The van der Waals surface area contributed by atoms with E-state index >= 15 is 0 Å². The van der Waals surface area contributed by atoms with Crippen LogP contribution in [-0.2, 0) is 0 Å². The Kier molecular flexibility index (Phi) is 3.11. The average molecular weight is 361 g/mol. The van der Waals surface area contributed by atoms with Gasteiger partial charge >= 0.3 is 0 Å². The van der Waals surface area contributed by atoms with Crippen molar-refractivity contribution in [1.29, 1.82) is 0 Å². The van der Waals surface area contributed by atoms with Crippen molar-refractivity contribution in [2.24, 2.45) is 5.41 Å². The molecule has 1 spiro atoms. The number of rotatable bonds is 3. The molecule has 6 heteroatoms. The first-order chi connectivity index (χ1) is 13.2. The van der Waals surface area contributed by atoms with E-state index in [1.54, 1.807) is 0 Å². The minimum atomic E-state index is 0.143. The maximum Gasteiger partial charge on any atom is 0.253 e. The minimum absolute atomic E-state index is 0.143. The molecule has 2 saturated carbocycles. The molecule has 6 rings (SSSR count). The molecule has 2 aliphatic carbocycles. The molecule has 2 aromatic heterocycles. The predicted octanol–water partition coefficient (Wildman–Crippen LogP) is 3.50. The third-order valence-electron chi connectivity index (χ3n) is 6.94. The van der Waals surface area contributed by atoms with Gasteiger partial charge in [-0.2, -0.15) is 0 Å². The van der Waals surface area contributed by atoms with Gasteiger partial charge in [-0.3, -0.25) is 4.79 Å². The van der Waals surface area contributed by atoms with Gasteiger partial charge in [0.15, 0.2) is 0 Å². The van der Waals surface area contributed by atoms with E-state index in [4.69, 9.17) is 0 Å². The van der Waals surface area contributed by atoms with Crippen LogP contribution in [0, 0.1) is 5.41 Å². The summed E-state index contributed by atoms with van der Waals surface area (Å²) >= 11 is 0. The van der Waals surface area contributed by atoms with Crippen molar-refractivity contribution in [3.8, 4) is 0 Å². The van der Waals surface area contributed by atoms with Crippen LogP contribution < -0.4 is 0 Å². The van der Waals surface area contributed by atoms with Crippen LogP contribution in [-0.4, -0.2) is 43.6 Å². The molecule has 1 N–H and O–H groups in total. The zero-order valence-electron chi connectivity index (χ0n) is 15.3. The van der Waals surface area contributed by atoms with E-state index in [2.05, 4.69) is 24.6 Å². The number of hydrogen-bond acceptors (Lipinski definition) is 3. The Labute approximate surface area is 157 Å². The average Bonchev–Trinajstić information content (AvgIpc) is 3.10. The Morgan fingerprint density at radius 2 is 2.11 bits per heavy atom. The number of benzene rings is 1. The number of hydrogen-bond donors (Lipinski definition) is 1. The fourth-order valence-electron chi connectivity index (χ4n) is 5.12. The maximum absolute atomic E-state index is 13.3. The Balaban J connectivity index is 1.32. The van der Waals surface area contributed by atoms with Crippen LogP contribution in [0.2, 0.25) is 0 Å². The van der Waals surface area contributed by atoms with Crippen molar-refractivity contribution in [1.82, 2.24) is 24.6 Å². The smallest absolute Gasteiger partial charge is 0.253 e. The molecule has 3 heterocycles. The molecular weight excluding hydrogens is 338 g/mol. The quantitative estimate of drug-likeness (QED) is 0.776. The van der Waals surface area contributed by atoms with Crippen molar-refractivity contribution in [3.63, 3.8) is 0 Å². The molecule has 1 aliphatic heterocycles.